The van der Waals surface area contributed by atoms with Gasteiger partial charge in [0.2, 0.25) is 0 Å². The molecule has 0 saturated carbocycles. The van der Waals surface area contributed by atoms with Gasteiger partial charge in [-0.15, -0.1) is 0 Å². The molecule has 0 radical (unpaired) electrons. The normalized spacial score (nSPS) is 28.2. The second-order valence-electron chi connectivity index (χ2n) is 4.62. The Morgan fingerprint density at radius 1 is 1.50 bits per heavy atom. The largest absolute Gasteiger partial charge is 0.329 e. The summed E-state index contributed by atoms with van der Waals surface area (Å²) in [5.41, 5.74) is 1.47. The Bertz CT molecular complexity index is 524. The third kappa shape index (κ3) is 1.29. The molecule has 0 bridgehead atoms. The molecule has 1 unspecified atom stereocenters. The predicted molar refractivity (Wildman–Crippen MR) is 59.0 cm³/mol. The number of fused-ring (bicyclic) bond motifs is 1. The minimum atomic E-state index is -0.415. The van der Waals surface area contributed by atoms with Gasteiger partial charge in [-0.1, -0.05) is 0 Å². The minimum Gasteiger partial charge on any atom is -0.329 e. The lowest BCUT2D eigenvalue weighted by molar-refractivity contribution is 0.269. The van der Waals surface area contributed by atoms with Crippen molar-refractivity contribution < 1.29 is 0 Å². The van der Waals surface area contributed by atoms with Gasteiger partial charge in [-0.2, -0.15) is 5.26 Å². The summed E-state index contributed by atoms with van der Waals surface area (Å²) in [6.07, 6.45) is 3.95. The molecule has 4 nitrogen and oxygen atoms in total. The lowest BCUT2D eigenvalue weighted by Gasteiger charge is -2.32. The first-order valence-corrected chi connectivity index (χ1v) is 5.61. The molecular formula is C12H13N3O. The quantitative estimate of drug-likeness (QED) is 0.691. The van der Waals surface area contributed by atoms with Gasteiger partial charge < -0.3 is 4.98 Å². The summed E-state index contributed by atoms with van der Waals surface area (Å²) in [5.74, 6) is 0. The number of hydrogen-bond acceptors (Lipinski definition) is 3. The molecule has 4 heteroatoms. The zero-order valence-corrected chi connectivity index (χ0v) is 8.99. The van der Waals surface area contributed by atoms with Crippen LogP contribution in [0.5, 0.6) is 0 Å². The summed E-state index contributed by atoms with van der Waals surface area (Å²) < 4.78 is 0. The van der Waals surface area contributed by atoms with Crippen LogP contribution < -0.4 is 5.56 Å². The second kappa shape index (κ2) is 3.19. The van der Waals surface area contributed by atoms with Crippen molar-refractivity contribution in [2.45, 2.75) is 24.8 Å². The maximum Gasteiger partial charge on any atom is 0.251 e. The highest BCUT2D eigenvalue weighted by Crippen LogP contribution is 2.34. The third-order valence-electron chi connectivity index (χ3n) is 3.70. The number of aromatic amines is 1. The van der Waals surface area contributed by atoms with Crippen molar-refractivity contribution in [3.8, 4) is 6.07 Å². The van der Waals surface area contributed by atoms with E-state index in [1.165, 1.54) is 0 Å². The Balaban J connectivity index is 2.05. The molecule has 1 aliphatic heterocycles. The van der Waals surface area contributed by atoms with Gasteiger partial charge in [-0.3, -0.25) is 9.69 Å². The monoisotopic (exact) mass is 215 g/mol. The van der Waals surface area contributed by atoms with Gasteiger partial charge >= 0.3 is 0 Å². The van der Waals surface area contributed by atoms with E-state index in [1.54, 1.807) is 6.20 Å². The van der Waals surface area contributed by atoms with Crippen LogP contribution >= 0.6 is 0 Å². The number of nitrogens with zero attached hydrogens (tertiary/aromatic N) is 2. The Morgan fingerprint density at radius 2 is 2.31 bits per heavy atom. The second-order valence-corrected chi connectivity index (χ2v) is 4.62. The van der Waals surface area contributed by atoms with Crippen molar-refractivity contribution >= 4 is 0 Å². The predicted octanol–water partition coefficient (Wildman–Crippen LogP) is 0.442. The molecule has 2 heterocycles. The smallest absolute Gasteiger partial charge is 0.251 e. The molecule has 0 aromatic carbocycles. The molecule has 2 aliphatic rings. The Labute approximate surface area is 93.5 Å². The van der Waals surface area contributed by atoms with Crippen LogP contribution in [-0.2, 0) is 12.8 Å². The molecule has 1 N–H and O–H groups in total. The molecule has 1 aromatic heterocycles. The molecule has 0 amide bonds. The minimum absolute atomic E-state index is 0.0290. The fourth-order valence-corrected chi connectivity index (χ4v) is 2.62. The van der Waals surface area contributed by atoms with Crippen LogP contribution in [0.2, 0.25) is 0 Å². The van der Waals surface area contributed by atoms with Crippen LogP contribution in [0.15, 0.2) is 17.1 Å². The number of hydrogen-bond donors (Lipinski definition) is 1. The highest BCUT2D eigenvalue weighted by molar-refractivity contribution is 5.33. The van der Waals surface area contributed by atoms with Crippen molar-refractivity contribution in [1.29, 1.82) is 5.26 Å². The Hall–Kier alpha value is -1.60. The fourth-order valence-electron chi connectivity index (χ4n) is 2.62. The Morgan fingerprint density at radius 3 is 3.00 bits per heavy atom. The lowest BCUT2D eigenvalue weighted by Crippen LogP contribution is -2.44. The van der Waals surface area contributed by atoms with Crippen LogP contribution in [0.3, 0.4) is 0 Å². The van der Waals surface area contributed by atoms with E-state index in [-0.39, 0.29) is 5.56 Å². The van der Waals surface area contributed by atoms with Crippen molar-refractivity contribution in [1.82, 2.24) is 9.88 Å². The van der Waals surface area contributed by atoms with Crippen LogP contribution in [-0.4, -0.2) is 28.5 Å². The summed E-state index contributed by atoms with van der Waals surface area (Å²) in [6, 6.07) is 4.38. The molecule has 1 aromatic rings. The van der Waals surface area contributed by atoms with E-state index in [9.17, 15) is 10.1 Å². The standard InChI is InChI=1S/C12H13N3O/c13-8-12(15-5-6-15)3-1-9-2-4-14-11(16)10(9)7-12/h2,4H,1,3,5-7H2,(H,14,16). The maximum atomic E-state index is 11.7. The van der Waals surface area contributed by atoms with E-state index >= 15 is 0 Å². The van der Waals surface area contributed by atoms with E-state index in [0.29, 0.717) is 6.42 Å². The molecule has 1 atom stereocenters. The molecule has 1 saturated heterocycles. The molecular weight excluding hydrogens is 202 g/mol. The number of pyridine rings is 1. The van der Waals surface area contributed by atoms with Crippen LogP contribution in [0.4, 0.5) is 0 Å². The van der Waals surface area contributed by atoms with Crippen molar-refractivity contribution in [2.24, 2.45) is 0 Å². The van der Waals surface area contributed by atoms with Gasteiger partial charge in [0.05, 0.1) is 6.07 Å². The van der Waals surface area contributed by atoms with Crippen LogP contribution in [0.25, 0.3) is 0 Å². The summed E-state index contributed by atoms with van der Waals surface area (Å²) in [7, 11) is 0. The average molecular weight is 215 g/mol. The van der Waals surface area contributed by atoms with Crippen LogP contribution in [0, 0.1) is 11.3 Å². The summed E-state index contributed by atoms with van der Waals surface area (Å²) in [6.45, 7) is 1.99. The first-order chi connectivity index (χ1) is 7.75. The van der Waals surface area contributed by atoms with E-state index in [2.05, 4.69) is 16.0 Å². The number of aromatic nitrogens is 1. The van der Waals surface area contributed by atoms with Crippen LogP contribution in [0.1, 0.15) is 17.5 Å². The maximum absolute atomic E-state index is 11.7. The molecule has 1 aliphatic carbocycles. The Kier molecular flexibility index (Phi) is 1.92. The van der Waals surface area contributed by atoms with Gasteiger partial charge in [0.15, 0.2) is 0 Å². The summed E-state index contributed by atoms with van der Waals surface area (Å²) >= 11 is 0. The van der Waals surface area contributed by atoms with Gasteiger partial charge in [-0.05, 0) is 24.5 Å². The number of aryl methyl sites for hydroxylation is 1. The van der Waals surface area contributed by atoms with E-state index < -0.39 is 5.54 Å². The average Bonchev–Trinajstić information content (AvgIpc) is 3.14. The van der Waals surface area contributed by atoms with Gasteiger partial charge in [0.25, 0.3) is 5.56 Å². The summed E-state index contributed by atoms with van der Waals surface area (Å²) in [4.78, 5) is 16.6. The molecule has 3 rings (SSSR count). The number of rotatable bonds is 1. The first kappa shape index (κ1) is 9.61. The summed E-state index contributed by atoms with van der Waals surface area (Å²) in [5, 5.41) is 9.36. The van der Waals surface area contributed by atoms with E-state index in [1.807, 2.05) is 6.07 Å². The molecule has 82 valence electrons. The molecule has 1 fully saturated rings. The number of nitriles is 1. The molecule has 16 heavy (non-hydrogen) atoms. The van der Waals surface area contributed by atoms with Gasteiger partial charge in [-0.25, -0.2) is 0 Å². The number of H-pyrrole nitrogens is 1. The zero-order chi connectivity index (χ0) is 11.2. The highest BCUT2D eigenvalue weighted by atomic mass is 16.1. The third-order valence-corrected chi connectivity index (χ3v) is 3.70. The molecule has 0 spiro atoms. The zero-order valence-electron chi connectivity index (χ0n) is 8.99. The fraction of sp³-hybridized carbons (Fsp3) is 0.500. The highest BCUT2D eigenvalue weighted by Gasteiger charge is 2.45. The number of nitrogens with one attached hydrogen (secondary N) is 1. The van der Waals surface area contributed by atoms with Gasteiger partial charge in [0.1, 0.15) is 5.54 Å². The van der Waals surface area contributed by atoms with E-state index in [4.69, 9.17) is 0 Å². The topological polar surface area (TPSA) is 59.7 Å². The lowest BCUT2D eigenvalue weighted by atomic mass is 9.79. The van der Waals surface area contributed by atoms with Crippen molar-refractivity contribution in [2.75, 3.05) is 13.1 Å². The first-order valence-electron chi connectivity index (χ1n) is 5.61. The van der Waals surface area contributed by atoms with E-state index in [0.717, 1.165) is 37.1 Å². The van der Waals surface area contributed by atoms with Crippen molar-refractivity contribution in [3.63, 3.8) is 0 Å². The van der Waals surface area contributed by atoms with Crippen molar-refractivity contribution in [3.05, 3.63) is 33.7 Å². The SMILES string of the molecule is N#CC1(N2CC2)CCc2cc[nH]c(=O)c2C1. The van der Waals surface area contributed by atoms with Gasteiger partial charge in [0, 0.05) is 31.3 Å².